The Labute approximate surface area is 128 Å². The van der Waals surface area contributed by atoms with Gasteiger partial charge in [-0.2, -0.15) is 0 Å². The van der Waals surface area contributed by atoms with Crippen molar-refractivity contribution >= 4 is 27.5 Å². The Morgan fingerprint density at radius 2 is 1.45 bits per heavy atom. The molecule has 3 nitrogen and oxygen atoms in total. The van der Waals surface area contributed by atoms with Crippen molar-refractivity contribution < 1.29 is 4.74 Å². The number of nitrogen functional groups attached to an aromatic ring is 1. The maximum absolute atomic E-state index is 6.39. The highest BCUT2D eigenvalue weighted by molar-refractivity contribution is 6.08. The second-order valence-electron chi connectivity index (χ2n) is 5.11. The third-order valence-electron chi connectivity index (χ3n) is 3.68. The summed E-state index contributed by atoms with van der Waals surface area (Å²) < 4.78 is 6.00. The molecular formula is C19H14N2O. The molecule has 0 aliphatic carbocycles. The van der Waals surface area contributed by atoms with Crippen molar-refractivity contribution in [2.45, 2.75) is 0 Å². The molecule has 106 valence electrons. The molecule has 0 fully saturated rings. The van der Waals surface area contributed by atoms with E-state index in [1.807, 2.05) is 72.8 Å². The third-order valence-corrected chi connectivity index (χ3v) is 3.68. The van der Waals surface area contributed by atoms with Gasteiger partial charge in [0, 0.05) is 5.39 Å². The molecule has 0 radical (unpaired) electrons. The molecule has 3 aromatic carbocycles. The van der Waals surface area contributed by atoms with Crippen LogP contribution in [0.2, 0.25) is 0 Å². The maximum Gasteiger partial charge on any atom is 0.138 e. The third kappa shape index (κ3) is 2.04. The molecule has 2 N–H and O–H groups in total. The zero-order valence-electron chi connectivity index (χ0n) is 11.9. The van der Waals surface area contributed by atoms with Crippen LogP contribution in [0.25, 0.3) is 21.8 Å². The first-order valence-corrected chi connectivity index (χ1v) is 7.13. The molecule has 4 aromatic rings. The first kappa shape index (κ1) is 12.7. The molecule has 0 aliphatic heterocycles. The number of para-hydroxylation sites is 2. The number of rotatable bonds is 2. The molecule has 1 heterocycles. The van der Waals surface area contributed by atoms with Gasteiger partial charge in [-0.3, -0.25) is 0 Å². The lowest BCUT2D eigenvalue weighted by atomic mass is 10.1. The Bertz CT molecular complexity index is 965. The number of aromatic nitrogens is 1. The lowest BCUT2D eigenvalue weighted by Crippen LogP contribution is -1.95. The fourth-order valence-electron chi connectivity index (χ4n) is 2.65. The van der Waals surface area contributed by atoms with Crippen molar-refractivity contribution in [2.75, 3.05) is 5.73 Å². The van der Waals surface area contributed by atoms with E-state index in [9.17, 15) is 0 Å². The van der Waals surface area contributed by atoms with Crippen molar-refractivity contribution in [1.29, 1.82) is 0 Å². The van der Waals surface area contributed by atoms with Gasteiger partial charge in [0.2, 0.25) is 0 Å². The normalized spacial score (nSPS) is 10.9. The predicted octanol–water partition coefficient (Wildman–Crippen LogP) is 4.76. The summed E-state index contributed by atoms with van der Waals surface area (Å²) in [5.74, 6) is 1.50. The summed E-state index contributed by atoms with van der Waals surface area (Å²) >= 11 is 0. The van der Waals surface area contributed by atoms with Crippen molar-refractivity contribution in [3.8, 4) is 11.5 Å². The highest BCUT2D eigenvalue weighted by Crippen LogP contribution is 2.36. The number of hydrogen-bond donors (Lipinski definition) is 1. The SMILES string of the molecule is Nc1c2ccccc2nc2cccc(Oc3ccccc3)c12. The van der Waals surface area contributed by atoms with Gasteiger partial charge in [0.25, 0.3) is 0 Å². The number of anilines is 1. The average molecular weight is 286 g/mol. The first-order chi connectivity index (χ1) is 10.8. The zero-order valence-corrected chi connectivity index (χ0v) is 11.9. The van der Waals surface area contributed by atoms with Gasteiger partial charge in [-0.05, 0) is 30.3 Å². The van der Waals surface area contributed by atoms with E-state index in [2.05, 4.69) is 4.98 Å². The van der Waals surface area contributed by atoms with E-state index in [4.69, 9.17) is 10.5 Å². The van der Waals surface area contributed by atoms with Gasteiger partial charge in [0.1, 0.15) is 11.5 Å². The van der Waals surface area contributed by atoms with Crippen molar-refractivity contribution in [3.63, 3.8) is 0 Å². The molecule has 0 saturated carbocycles. The molecule has 0 saturated heterocycles. The largest absolute Gasteiger partial charge is 0.457 e. The molecule has 0 atom stereocenters. The number of pyridine rings is 1. The highest BCUT2D eigenvalue weighted by atomic mass is 16.5. The minimum Gasteiger partial charge on any atom is -0.457 e. The van der Waals surface area contributed by atoms with E-state index in [1.165, 1.54) is 0 Å². The molecule has 1 aromatic heterocycles. The van der Waals surface area contributed by atoms with E-state index in [1.54, 1.807) is 0 Å². The number of benzene rings is 3. The van der Waals surface area contributed by atoms with Gasteiger partial charge in [-0.1, -0.05) is 42.5 Å². The highest BCUT2D eigenvalue weighted by Gasteiger charge is 2.11. The van der Waals surface area contributed by atoms with Gasteiger partial charge in [-0.15, -0.1) is 0 Å². The number of ether oxygens (including phenoxy) is 1. The maximum atomic E-state index is 6.39. The summed E-state index contributed by atoms with van der Waals surface area (Å²) in [6.45, 7) is 0. The Hall–Kier alpha value is -3.07. The van der Waals surface area contributed by atoms with Crippen molar-refractivity contribution in [3.05, 3.63) is 72.8 Å². The van der Waals surface area contributed by atoms with Crippen LogP contribution in [0.15, 0.2) is 72.8 Å². The fraction of sp³-hybridized carbons (Fsp3) is 0. The van der Waals surface area contributed by atoms with E-state index < -0.39 is 0 Å². The summed E-state index contributed by atoms with van der Waals surface area (Å²) in [6, 6.07) is 23.4. The summed E-state index contributed by atoms with van der Waals surface area (Å²) in [6.07, 6.45) is 0. The summed E-state index contributed by atoms with van der Waals surface area (Å²) in [7, 11) is 0. The number of fused-ring (bicyclic) bond motifs is 2. The lowest BCUT2D eigenvalue weighted by molar-refractivity contribution is 0.488. The van der Waals surface area contributed by atoms with Crippen LogP contribution in [0.5, 0.6) is 11.5 Å². The van der Waals surface area contributed by atoms with Crippen LogP contribution in [-0.2, 0) is 0 Å². The quantitative estimate of drug-likeness (QED) is 0.540. The van der Waals surface area contributed by atoms with E-state index in [-0.39, 0.29) is 0 Å². The number of nitrogens with two attached hydrogens (primary N) is 1. The molecule has 0 unspecified atom stereocenters. The van der Waals surface area contributed by atoms with Crippen LogP contribution < -0.4 is 10.5 Å². The number of nitrogens with zero attached hydrogens (tertiary/aromatic N) is 1. The van der Waals surface area contributed by atoms with Crippen LogP contribution in [0.3, 0.4) is 0 Å². The number of hydrogen-bond acceptors (Lipinski definition) is 3. The fourth-order valence-corrected chi connectivity index (χ4v) is 2.65. The molecule has 0 bridgehead atoms. The van der Waals surface area contributed by atoms with Crippen molar-refractivity contribution in [2.24, 2.45) is 0 Å². The monoisotopic (exact) mass is 286 g/mol. The van der Waals surface area contributed by atoms with Crippen LogP contribution in [0.1, 0.15) is 0 Å². The van der Waals surface area contributed by atoms with Gasteiger partial charge in [0.05, 0.1) is 22.1 Å². The van der Waals surface area contributed by atoms with E-state index in [0.717, 1.165) is 33.3 Å². The topological polar surface area (TPSA) is 48.1 Å². The Balaban J connectivity index is 1.97. The standard InChI is InChI=1S/C19H14N2O/c20-19-14-9-4-5-10-15(14)21-16-11-6-12-17(18(16)19)22-13-7-2-1-3-8-13/h1-12H,(H2,20,21). The second-order valence-corrected chi connectivity index (χ2v) is 5.11. The minimum absolute atomic E-state index is 0.701. The van der Waals surface area contributed by atoms with Crippen LogP contribution >= 0.6 is 0 Å². The molecular weight excluding hydrogens is 272 g/mol. The molecule has 0 spiro atoms. The molecule has 0 aliphatic rings. The summed E-state index contributed by atoms with van der Waals surface area (Å²) in [5, 5.41) is 1.80. The zero-order chi connectivity index (χ0) is 14.9. The average Bonchev–Trinajstić information content (AvgIpc) is 2.56. The Morgan fingerprint density at radius 1 is 0.727 bits per heavy atom. The molecule has 4 rings (SSSR count). The summed E-state index contributed by atoms with van der Waals surface area (Å²) in [5.41, 5.74) is 8.82. The van der Waals surface area contributed by atoms with Gasteiger partial charge in [0.15, 0.2) is 0 Å². The Kier molecular flexibility index (Phi) is 2.90. The lowest BCUT2D eigenvalue weighted by Gasteiger charge is -2.12. The Morgan fingerprint density at radius 3 is 2.32 bits per heavy atom. The molecule has 3 heteroatoms. The van der Waals surface area contributed by atoms with Gasteiger partial charge in [-0.25, -0.2) is 4.98 Å². The molecule has 22 heavy (non-hydrogen) atoms. The summed E-state index contributed by atoms with van der Waals surface area (Å²) in [4.78, 5) is 4.68. The van der Waals surface area contributed by atoms with Crippen molar-refractivity contribution in [1.82, 2.24) is 4.98 Å². The van der Waals surface area contributed by atoms with Crippen LogP contribution in [0, 0.1) is 0 Å². The second kappa shape index (κ2) is 5.04. The molecule has 0 amide bonds. The smallest absolute Gasteiger partial charge is 0.138 e. The van der Waals surface area contributed by atoms with Crippen LogP contribution in [0.4, 0.5) is 5.69 Å². The van der Waals surface area contributed by atoms with E-state index >= 15 is 0 Å². The minimum atomic E-state index is 0.701. The first-order valence-electron chi connectivity index (χ1n) is 7.13. The van der Waals surface area contributed by atoms with Crippen LogP contribution in [-0.4, -0.2) is 4.98 Å². The van der Waals surface area contributed by atoms with E-state index in [0.29, 0.717) is 5.69 Å². The van der Waals surface area contributed by atoms with Gasteiger partial charge < -0.3 is 10.5 Å². The van der Waals surface area contributed by atoms with Gasteiger partial charge >= 0.3 is 0 Å². The predicted molar refractivity (Wildman–Crippen MR) is 90.2 cm³/mol.